The van der Waals surface area contributed by atoms with E-state index in [9.17, 15) is 4.39 Å². The summed E-state index contributed by atoms with van der Waals surface area (Å²) in [4.78, 5) is 0. The van der Waals surface area contributed by atoms with Gasteiger partial charge in [0.15, 0.2) is 0 Å². The third-order valence-electron chi connectivity index (χ3n) is 2.26. The first-order chi connectivity index (χ1) is 6.93. The molecule has 16 heavy (non-hydrogen) atoms. The van der Waals surface area contributed by atoms with Crippen LogP contribution < -0.4 is 5.73 Å². The summed E-state index contributed by atoms with van der Waals surface area (Å²) in [5, 5.41) is 0.420. The van der Waals surface area contributed by atoms with Gasteiger partial charge in [-0.1, -0.05) is 23.2 Å². The van der Waals surface area contributed by atoms with Gasteiger partial charge in [-0.15, -0.1) is 19.0 Å². The molecule has 0 radical (unpaired) electrons. The van der Waals surface area contributed by atoms with Crippen molar-refractivity contribution in [2.75, 3.05) is 0 Å². The van der Waals surface area contributed by atoms with Crippen molar-refractivity contribution in [3.05, 3.63) is 46.3 Å². The van der Waals surface area contributed by atoms with Crippen molar-refractivity contribution < 1.29 is 4.39 Å². The van der Waals surface area contributed by atoms with E-state index >= 15 is 0 Å². The molecule has 0 aliphatic carbocycles. The number of hydrogen-bond donors (Lipinski definition) is 1. The SMILES string of the molecule is C=C(C)C[C@H](N)c1c(F)ccc(C)c1Cl.Cl. The molecule has 0 saturated carbocycles. The monoisotopic (exact) mass is 263 g/mol. The van der Waals surface area contributed by atoms with Gasteiger partial charge in [0.05, 0.1) is 5.02 Å². The van der Waals surface area contributed by atoms with Gasteiger partial charge in [0, 0.05) is 11.6 Å². The number of hydrogen-bond acceptors (Lipinski definition) is 1. The molecule has 1 aromatic rings. The van der Waals surface area contributed by atoms with Gasteiger partial charge in [-0.2, -0.15) is 0 Å². The van der Waals surface area contributed by atoms with Crippen LogP contribution in [-0.4, -0.2) is 0 Å². The molecule has 1 rings (SSSR count). The third kappa shape index (κ3) is 3.48. The van der Waals surface area contributed by atoms with Crippen molar-refractivity contribution in [1.29, 1.82) is 0 Å². The standard InChI is InChI=1S/C12H15ClFN.ClH/c1-7(2)6-10(15)11-9(14)5-4-8(3)12(11)13;/h4-5,10H,1,6,15H2,2-3H3;1H/t10-;/m0./s1. The van der Waals surface area contributed by atoms with E-state index in [4.69, 9.17) is 17.3 Å². The lowest BCUT2D eigenvalue weighted by molar-refractivity contribution is 0.579. The van der Waals surface area contributed by atoms with Crippen LogP contribution in [0, 0.1) is 12.7 Å². The second kappa shape index (κ2) is 6.24. The Bertz CT molecular complexity index is 391. The largest absolute Gasteiger partial charge is 0.324 e. The lowest BCUT2D eigenvalue weighted by Gasteiger charge is -2.15. The van der Waals surface area contributed by atoms with Gasteiger partial charge >= 0.3 is 0 Å². The van der Waals surface area contributed by atoms with Crippen LogP contribution in [-0.2, 0) is 0 Å². The first kappa shape index (κ1) is 15.4. The van der Waals surface area contributed by atoms with E-state index in [1.807, 2.05) is 13.8 Å². The highest BCUT2D eigenvalue weighted by Gasteiger charge is 2.16. The summed E-state index contributed by atoms with van der Waals surface area (Å²) in [6.45, 7) is 7.45. The molecule has 1 aromatic carbocycles. The van der Waals surface area contributed by atoms with E-state index in [1.165, 1.54) is 6.07 Å². The van der Waals surface area contributed by atoms with Crippen LogP contribution in [0.15, 0.2) is 24.3 Å². The molecule has 1 nitrogen and oxygen atoms in total. The average Bonchev–Trinajstić information content (AvgIpc) is 2.11. The van der Waals surface area contributed by atoms with Crippen LogP contribution >= 0.6 is 24.0 Å². The zero-order chi connectivity index (χ0) is 11.6. The Morgan fingerprint density at radius 2 is 2.12 bits per heavy atom. The van der Waals surface area contributed by atoms with Crippen molar-refractivity contribution in [2.24, 2.45) is 5.73 Å². The molecule has 0 heterocycles. The highest BCUT2D eigenvalue weighted by molar-refractivity contribution is 6.32. The minimum Gasteiger partial charge on any atom is -0.324 e. The molecule has 90 valence electrons. The van der Waals surface area contributed by atoms with Gasteiger partial charge in [0.2, 0.25) is 0 Å². The summed E-state index contributed by atoms with van der Waals surface area (Å²) in [6.07, 6.45) is 0.542. The molecule has 0 aromatic heterocycles. The molecule has 2 N–H and O–H groups in total. The summed E-state index contributed by atoms with van der Waals surface area (Å²) in [5.74, 6) is -0.348. The maximum Gasteiger partial charge on any atom is 0.129 e. The number of halogens is 3. The third-order valence-corrected chi connectivity index (χ3v) is 2.76. The fourth-order valence-corrected chi connectivity index (χ4v) is 1.79. The molecule has 0 saturated heterocycles. The Hall–Kier alpha value is -0.570. The number of benzene rings is 1. The Morgan fingerprint density at radius 3 is 2.62 bits per heavy atom. The zero-order valence-electron chi connectivity index (χ0n) is 9.39. The first-order valence-corrected chi connectivity index (χ1v) is 5.15. The first-order valence-electron chi connectivity index (χ1n) is 4.78. The van der Waals surface area contributed by atoms with E-state index in [2.05, 4.69) is 6.58 Å². The fourth-order valence-electron chi connectivity index (χ4n) is 1.50. The van der Waals surface area contributed by atoms with Gasteiger partial charge < -0.3 is 5.73 Å². The minimum atomic E-state index is -0.421. The summed E-state index contributed by atoms with van der Waals surface area (Å²) < 4.78 is 13.5. The molecule has 1 atom stereocenters. The normalized spacial score (nSPS) is 11.8. The topological polar surface area (TPSA) is 26.0 Å². The quantitative estimate of drug-likeness (QED) is 0.814. The molecule has 0 unspecified atom stereocenters. The predicted octanol–water partition coefficient (Wildman–Crippen LogP) is 4.18. The summed E-state index contributed by atoms with van der Waals surface area (Å²) in [6, 6.07) is 2.62. The molecule has 0 amide bonds. The van der Waals surface area contributed by atoms with Crippen molar-refractivity contribution in [3.8, 4) is 0 Å². The number of nitrogens with two attached hydrogens (primary N) is 1. The van der Waals surface area contributed by atoms with E-state index in [0.717, 1.165) is 11.1 Å². The van der Waals surface area contributed by atoms with Gasteiger partial charge in [0.1, 0.15) is 5.82 Å². The van der Waals surface area contributed by atoms with Crippen molar-refractivity contribution >= 4 is 24.0 Å². The van der Waals surface area contributed by atoms with Gasteiger partial charge in [-0.25, -0.2) is 4.39 Å². The van der Waals surface area contributed by atoms with Crippen molar-refractivity contribution in [3.63, 3.8) is 0 Å². The van der Waals surface area contributed by atoms with Gasteiger partial charge in [-0.05, 0) is 31.9 Å². The molecule has 0 aliphatic rings. The lowest BCUT2D eigenvalue weighted by atomic mass is 9.99. The van der Waals surface area contributed by atoms with Crippen LogP contribution in [0.25, 0.3) is 0 Å². The van der Waals surface area contributed by atoms with Crippen molar-refractivity contribution in [2.45, 2.75) is 26.3 Å². The van der Waals surface area contributed by atoms with Crippen LogP contribution in [0.1, 0.15) is 30.5 Å². The number of rotatable bonds is 3. The Balaban J connectivity index is 0.00000225. The van der Waals surface area contributed by atoms with Gasteiger partial charge in [0.25, 0.3) is 0 Å². The summed E-state index contributed by atoms with van der Waals surface area (Å²) >= 11 is 6.03. The second-order valence-electron chi connectivity index (χ2n) is 3.86. The highest BCUT2D eigenvalue weighted by Crippen LogP contribution is 2.30. The Labute approximate surface area is 107 Å². The smallest absolute Gasteiger partial charge is 0.129 e. The molecule has 0 bridgehead atoms. The van der Waals surface area contributed by atoms with Gasteiger partial charge in [-0.3, -0.25) is 0 Å². The Kier molecular flexibility index (Phi) is 6.01. The fraction of sp³-hybridized carbons (Fsp3) is 0.333. The second-order valence-corrected chi connectivity index (χ2v) is 4.24. The molecule has 0 fully saturated rings. The van der Waals surface area contributed by atoms with Crippen LogP contribution in [0.5, 0.6) is 0 Å². The van der Waals surface area contributed by atoms with Crippen LogP contribution in [0.3, 0.4) is 0 Å². The maximum absolute atomic E-state index is 13.5. The highest BCUT2D eigenvalue weighted by atomic mass is 35.5. The Morgan fingerprint density at radius 1 is 1.56 bits per heavy atom. The molecular formula is C12H16Cl2FN. The molecule has 0 spiro atoms. The molecule has 0 aliphatic heterocycles. The van der Waals surface area contributed by atoms with Crippen molar-refractivity contribution in [1.82, 2.24) is 0 Å². The van der Waals surface area contributed by atoms with Crippen LogP contribution in [0.2, 0.25) is 5.02 Å². The number of aryl methyl sites for hydroxylation is 1. The van der Waals surface area contributed by atoms with E-state index < -0.39 is 6.04 Å². The van der Waals surface area contributed by atoms with E-state index in [-0.39, 0.29) is 18.2 Å². The summed E-state index contributed by atoms with van der Waals surface area (Å²) in [7, 11) is 0. The molecular weight excluding hydrogens is 248 g/mol. The zero-order valence-corrected chi connectivity index (χ0v) is 11.0. The average molecular weight is 264 g/mol. The van der Waals surface area contributed by atoms with E-state index in [1.54, 1.807) is 6.07 Å². The molecule has 4 heteroatoms. The van der Waals surface area contributed by atoms with E-state index in [0.29, 0.717) is 17.0 Å². The predicted molar refractivity (Wildman–Crippen MR) is 69.8 cm³/mol. The summed E-state index contributed by atoms with van der Waals surface area (Å²) in [5.41, 5.74) is 8.02. The maximum atomic E-state index is 13.5. The minimum absolute atomic E-state index is 0. The van der Waals surface area contributed by atoms with Crippen LogP contribution in [0.4, 0.5) is 4.39 Å². The lowest BCUT2D eigenvalue weighted by Crippen LogP contribution is -2.13.